The largest absolute Gasteiger partial charge is 0.454 e. The average molecular weight is 449 g/mol. The zero-order valence-corrected chi connectivity index (χ0v) is 16.0. The van der Waals surface area contributed by atoms with Crippen molar-refractivity contribution >= 4 is 46.7 Å². The van der Waals surface area contributed by atoms with E-state index in [4.69, 9.17) is 23.2 Å². The summed E-state index contributed by atoms with van der Waals surface area (Å²) in [6, 6.07) is 7.94. The molecule has 154 valence electrons. The Morgan fingerprint density at radius 1 is 1.00 bits per heavy atom. The highest BCUT2D eigenvalue weighted by atomic mass is 35.5. The van der Waals surface area contributed by atoms with Crippen LogP contribution in [0, 0.1) is 0 Å². The lowest BCUT2D eigenvalue weighted by Crippen LogP contribution is -2.32. The number of hydrogen-bond donors (Lipinski definition) is 2. The number of alkyl halides is 3. The van der Waals surface area contributed by atoms with Crippen molar-refractivity contribution in [2.24, 2.45) is 0 Å². The van der Waals surface area contributed by atoms with Gasteiger partial charge in [0.25, 0.3) is 11.8 Å². The summed E-state index contributed by atoms with van der Waals surface area (Å²) in [5.74, 6) is -2.30. The van der Waals surface area contributed by atoms with E-state index in [1.54, 1.807) is 0 Å². The van der Waals surface area contributed by atoms with E-state index < -0.39 is 42.7 Å². The van der Waals surface area contributed by atoms with Crippen LogP contribution < -0.4 is 10.6 Å². The summed E-state index contributed by atoms with van der Waals surface area (Å²) >= 11 is 11.6. The molecule has 29 heavy (non-hydrogen) atoms. The number of hydrogen-bond acceptors (Lipinski definition) is 4. The SMILES string of the molecule is O=C(COC(=O)CNC(=O)c1ccc(Cl)cc1Cl)Nc1ccc(C(F)(F)F)cc1. The molecule has 0 atom stereocenters. The predicted molar refractivity (Wildman–Crippen MR) is 99.8 cm³/mol. The van der Waals surface area contributed by atoms with Gasteiger partial charge in [0.05, 0.1) is 16.1 Å². The van der Waals surface area contributed by atoms with Gasteiger partial charge in [-0.2, -0.15) is 13.2 Å². The Bertz CT molecular complexity index is 918. The lowest BCUT2D eigenvalue weighted by atomic mass is 10.2. The molecule has 2 N–H and O–H groups in total. The van der Waals surface area contributed by atoms with Crippen molar-refractivity contribution < 1.29 is 32.3 Å². The molecule has 0 heterocycles. The fourth-order valence-corrected chi connectivity index (χ4v) is 2.55. The maximum atomic E-state index is 12.5. The summed E-state index contributed by atoms with van der Waals surface area (Å²) in [4.78, 5) is 35.3. The van der Waals surface area contributed by atoms with Gasteiger partial charge in [-0.3, -0.25) is 14.4 Å². The van der Waals surface area contributed by atoms with Gasteiger partial charge in [0.15, 0.2) is 6.61 Å². The number of anilines is 1. The maximum absolute atomic E-state index is 12.5. The second-order valence-electron chi connectivity index (χ2n) is 5.59. The molecule has 11 heteroatoms. The number of carbonyl (C=O) groups excluding carboxylic acids is 3. The third-order valence-electron chi connectivity index (χ3n) is 3.43. The lowest BCUT2D eigenvalue weighted by molar-refractivity contribution is -0.146. The minimum atomic E-state index is -4.49. The molecule has 0 saturated carbocycles. The zero-order valence-electron chi connectivity index (χ0n) is 14.5. The van der Waals surface area contributed by atoms with Gasteiger partial charge in [-0.1, -0.05) is 23.2 Å². The highest BCUT2D eigenvalue weighted by molar-refractivity contribution is 6.36. The van der Waals surface area contributed by atoms with E-state index in [1.165, 1.54) is 18.2 Å². The number of benzene rings is 2. The first-order valence-electron chi connectivity index (χ1n) is 7.92. The van der Waals surface area contributed by atoms with Crippen molar-refractivity contribution in [3.63, 3.8) is 0 Å². The molecule has 0 saturated heterocycles. The zero-order chi connectivity index (χ0) is 21.6. The molecule has 0 unspecified atom stereocenters. The normalized spacial score (nSPS) is 10.9. The minimum Gasteiger partial charge on any atom is -0.454 e. The molecule has 0 aromatic heterocycles. The van der Waals surface area contributed by atoms with Gasteiger partial charge < -0.3 is 15.4 Å². The van der Waals surface area contributed by atoms with Gasteiger partial charge in [-0.25, -0.2) is 0 Å². The summed E-state index contributed by atoms with van der Waals surface area (Å²) in [5.41, 5.74) is -0.660. The second-order valence-corrected chi connectivity index (χ2v) is 6.43. The molecule has 2 rings (SSSR count). The third kappa shape index (κ3) is 6.95. The van der Waals surface area contributed by atoms with Crippen LogP contribution in [-0.4, -0.2) is 30.9 Å². The summed E-state index contributed by atoms with van der Waals surface area (Å²) in [7, 11) is 0. The van der Waals surface area contributed by atoms with Crippen molar-refractivity contribution in [2.75, 3.05) is 18.5 Å². The van der Waals surface area contributed by atoms with Gasteiger partial charge in [-0.15, -0.1) is 0 Å². The van der Waals surface area contributed by atoms with E-state index >= 15 is 0 Å². The monoisotopic (exact) mass is 448 g/mol. The number of ether oxygens (including phenoxy) is 1. The first-order chi connectivity index (χ1) is 13.6. The van der Waals surface area contributed by atoms with Gasteiger partial charge in [0.1, 0.15) is 6.54 Å². The van der Waals surface area contributed by atoms with Crippen LogP contribution in [0.2, 0.25) is 10.0 Å². The van der Waals surface area contributed by atoms with Crippen LogP contribution in [0.5, 0.6) is 0 Å². The van der Waals surface area contributed by atoms with Crippen molar-refractivity contribution in [2.45, 2.75) is 6.18 Å². The first-order valence-corrected chi connectivity index (χ1v) is 8.68. The molecule has 6 nitrogen and oxygen atoms in total. The van der Waals surface area contributed by atoms with Crippen LogP contribution in [0.3, 0.4) is 0 Å². The highest BCUT2D eigenvalue weighted by Gasteiger charge is 2.30. The van der Waals surface area contributed by atoms with E-state index in [1.807, 2.05) is 0 Å². The Labute approximate surface area is 172 Å². The van der Waals surface area contributed by atoms with E-state index in [0.717, 1.165) is 24.3 Å². The standard InChI is InChI=1S/C18H13Cl2F3N2O4/c19-11-3-6-13(14(20)7-11)17(28)24-8-16(27)29-9-15(26)25-12-4-1-10(2-5-12)18(21,22)23/h1-7H,8-9H2,(H,24,28)(H,25,26). The Morgan fingerprint density at radius 3 is 2.24 bits per heavy atom. The highest BCUT2D eigenvalue weighted by Crippen LogP contribution is 2.29. The lowest BCUT2D eigenvalue weighted by Gasteiger charge is -2.10. The van der Waals surface area contributed by atoms with E-state index in [9.17, 15) is 27.6 Å². The summed E-state index contributed by atoms with van der Waals surface area (Å²) in [5, 5.41) is 4.99. The maximum Gasteiger partial charge on any atom is 0.416 e. The first kappa shape index (κ1) is 22.5. The number of halogens is 5. The van der Waals surface area contributed by atoms with Crippen LogP contribution in [0.25, 0.3) is 0 Å². The Balaban J connectivity index is 1.77. The fourth-order valence-electron chi connectivity index (χ4n) is 2.06. The molecule has 2 aromatic rings. The number of amides is 2. The number of esters is 1. The van der Waals surface area contributed by atoms with Crippen LogP contribution in [0.15, 0.2) is 42.5 Å². The molecule has 2 aromatic carbocycles. The van der Waals surface area contributed by atoms with Gasteiger partial charge >= 0.3 is 12.1 Å². The van der Waals surface area contributed by atoms with E-state index in [0.29, 0.717) is 5.02 Å². The summed E-state index contributed by atoms with van der Waals surface area (Å²) in [6.07, 6.45) is -4.49. The molecule has 2 amide bonds. The molecule has 0 bridgehead atoms. The molecule has 0 spiro atoms. The Kier molecular flexibility index (Phi) is 7.46. The molecule has 0 aliphatic carbocycles. The van der Waals surface area contributed by atoms with Crippen molar-refractivity contribution in [3.05, 3.63) is 63.6 Å². The van der Waals surface area contributed by atoms with Crippen LogP contribution in [0.4, 0.5) is 18.9 Å². The Morgan fingerprint density at radius 2 is 1.66 bits per heavy atom. The Hall–Kier alpha value is -2.78. The van der Waals surface area contributed by atoms with Crippen molar-refractivity contribution in [1.82, 2.24) is 5.32 Å². The van der Waals surface area contributed by atoms with E-state index in [2.05, 4.69) is 15.4 Å². The summed E-state index contributed by atoms with van der Waals surface area (Å²) < 4.78 is 42.1. The quantitative estimate of drug-likeness (QED) is 0.655. The molecular formula is C18H13Cl2F3N2O4. The van der Waals surface area contributed by atoms with Gasteiger partial charge in [0.2, 0.25) is 0 Å². The van der Waals surface area contributed by atoms with Gasteiger partial charge in [-0.05, 0) is 42.5 Å². The number of carbonyl (C=O) groups is 3. The van der Waals surface area contributed by atoms with Crippen LogP contribution >= 0.6 is 23.2 Å². The second kappa shape index (κ2) is 9.62. The number of rotatable bonds is 6. The smallest absolute Gasteiger partial charge is 0.416 e. The third-order valence-corrected chi connectivity index (χ3v) is 3.98. The van der Waals surface area contributed by atoms with Crippen LogP contribution in [-0.2, 0) is 20.5 Å². The summed E-state index contributed by atoms with van der Waals surface area (Å²) in [6.45, 7) is -1.21. The minimum absolute atomic E-state index is 0.0966. The molecular weight excluding hydrogens is 436 g/mol. The van der Waals surface area contributed by atoms with E-state index in [-0.39, 0.29) is 16.3 Å². The van der Waals surface area contributed by atoms with Crippen LogP contribution in [0.1, 0.15) is 15.9 Å². The van der Waals surface area contributed by atoms with Crippen molar-refractivity contribution in [1.29, 1.82) is 0 Å². The predicted octanol–water partition coefficient (Wildman–Crippen LogP) is 3.92. The molecule has 0 aliphatic rings. The average Bonchev–Trinajstić information content (AvgIpc) is 2.64. The topological polar surface area (TPSA) is 84.5 Å². The number of nitrogens with one attached hydrogen (secondary N) is 2. The molecule has 0 radical (unpaired) electrons. The molecule has 0 aliphatic heterocycles. The fraction of sp³-hybridized carbons (Fsp3) is 0.167. The van der Waals surface area contributed by atoms with Crippen molar-refractivity contribution in [3.8, 4) is 0 Å². The molecule has 0 fully saturated rings. The van der Waals surface area contributed by atoms with Gasteiger partial charge in [0, 0.05) is 10.7 Å².